The summed E-state index contributed by atoms with van der Waals surface area (Å²) < 4.78 is 1.91. The first-order valence-electron chi connectivity index (χ1n) is 7.85. The van der Waals surface area contributed by atoms with Crippen LogP contribution in [0.4, 0.5) is 0 Å². The van der Waals surface area contributed by atoms with E-state index in [1.807, 2.05) is 35.0 Å². The third-order valence-electron chi connectivity index (χ3n) is 3.89. The topological polar surface area (TPSA) is 68.0 Å². The second-order valence-corrected chi connectivity index (χ2v) is 6.01. The van der Waals surface area contributed by atoms with Crippen LogP contribution in [0, 0.1) is 0 Å². The minimum absolute atomic E-state index is 0.292. The number of carboxylic acid groups (broad SMARTS) is 1. The first kappa shape index (κ1) is 15.9. The second-order valence-electron chi connectivity index (χ2n) is 6.01. The molecule has 0 spiro atoms. The fourth-order valence-electron chi connectivity index (χ4n) is 2.65. The molecule has 24 heavy (non-hydrogen) atoms. The zero-order chi connectivity index (χ0) is 17.1. The molecule has 0 amide bonds. The van der Waals surface area contributed by atoms with Crippen LogP contribution < -0.4 is 0 Å². The SMILES string of the molecule is CC(C)c1ncnn1Cc1ccc(-c2cccc(C(=O)O)c2)cc1. The molecule has 0 unspecified atom stereocenters. The van der Waals surface area contributed by atoms with Gasteiger partial charge in [0.25, 0.3) is 0 Å². The van der Waals surface area contributed by atoms with Crippen LogP contribution >= 0.6 is 0 Å². The van der Waals surface area contributed by atoms with Gasteiger partial charge in [0, 0.05) is 5.92 Å². The molecule has 122 valence electrons. The molecule has 3 aromatic rings. The summed E-state index contributed by atoms with van der Waals surface area (Å²) in [5, 5.41) is 13.4. The Morgan fingerprint density at radius 3 is 2.54 bits per heavy atom. The monoisotopic (exact) mass is 321 g/mol. The van der Waals surface area contributed by atoms with E-state index in [1.54, 1.807) is 24.5 Å². The summed E-state index contributed by atoms with van der Waals surface area (Å²) in [5.74, 6) is 0.375. The Bertz CT molecular complexity index is 851. The van der Waals surface area contributed by atoms with Crippen molar-refractivity contribution in [3.05, 3.63) is 71.8 Å². The molecule has 5 nitrogen and oxygen atoms in total. The highest BCUT2D eigenvalue weighted by atomic mass is 16.4. The molecule has 0 saturated carbocycles. The molecule has 0 bridgehead atoms. The number of carboxylic acids is 1. The Kier molecular flexibility index (Phi) is 4.42. The zero-order valence-corrected chi connectivity index (χ0v) is 13.7. The summed E-state index contributed by atoms with van der Waals surface area (Å²) in [7, 11) is 0. The van der Waals surface area contributed by atoms with Gasteiger partial charge in [-0.3, -0.25) is 0 Å². The van der Waals surface area contributed by atoms with Crippen LogP contribution in [0.3, 0.4) is 0 Å². The number of hydrogen-bond acceptors (Lipinski definition) is 3. The number of benzene rings is 2. The Hall–Kier alpha value is -2.95. The maximum atomic E-state index is 11.1. The number of carbonyl (C=O) groups is 1. The van der Waals surface area contributed by atoms with Crippen LogP contribution in [-0.2, 0) is 6.54 Å². The second kappa shape index (κ2) is 6.66. The van der Waals surface area contributed by atoms with Crippen LogP contribution in [0.25, 0.3) is 11.1 Å². The Morgan fingerprint density at radius 2 is 1.88 bits per heavy atom. The van der Waals surface area contributed by atoms with Gasteiger partial charge in [-0.05, 0) is 28.8 Å². The van der Waals surface area contributed by atoms with Crippen LogP contribution in [-0.4, -0.2) is 25.8 Å². The standard InChI is InChI=1S/C19H19N3O2/c1-13(2)18-20-12-21-22(18)11-14-6-8-15(9-7-14)16-4-3-5-17(10-16)19(23)24/h3-10,12-13H,11H2,1-2H3,(H,23,24). The van der Waals surface area contributed by atoms with Crippen molar-refractivity contribution < 1.29 is 9.90 Å². The molecule has 5 heteroatoms. The molecular weight excluding hydrogens is 302 g/mol. The molecule has 1 heterocycles. The molecule has 2 aromatic carbocycles. The van der Waals surface area contributed by atoms with Crippen molar-refractivity contribution in [2.45, 2.75) is 26.3 Å². The average Bonchev–Trinajstić information content (AvgIpc) is 3.04. The van der Waals surface area contributed by atoms with Gasteiger partial charge in [-0.25, -0.2) is 14.5 Å². The molecule has 3 rings (SSSR count). The quantitative estimate of drug-likeness (QED) is 0.776. The molecule has 0 aliphatic carbocycles. The van der Waals surface area contributed by atoms with Crippen molar-refractivity contribution in [1.29, 1.82) is 0 Å². The largest absolute Gasteiger partial charge is 0.478 e. The van der Waals surface area contributed by atoms with Gasteiger partial charge < -0.3 is 5.11 Å². The fourth-order valence-corrected chi connectivity index (χ4v) is 2.65. The van der Waals surface area contributed by atoms with E-state index in [-0.39, 0.29) is 0 Å². The van der Waals surface area contributed by atoms with Gasteiger partial charge in [-0.2, -0.15) is 5.10 Å². The van der Waals surface area contributed by atoms with Gasteiger partial charge in [0.2, 0.25) is 0 Å². The highest BCUT2D eigenvalue weighted by Crippen LogP contribution is 2.22. The molecule has 1 aromatic heterocycles. The molecule has 0 aliphatic rings. The normalized spacial score (nSPS) is 11.0. The molecule has 0 radical (unpaired) electrons. The van der Waals surface area contributed by atoms with E-state index in [2.05, 4.69) is 23.9 Å². The van der Waals surface area contributed by atoms with Gasteiger partial charge in [-0.1, -0.05) is 50.2 Å². The molecule has 1 N–H and O–H groups in total. The number of rotatable bonds is 5. The van der Waals surface area contributed by atoms with Crippen LogP contribution in [0.2, 0.25) is 0 Å². The number of aromatic carboxylic acids is 1. The van der Waals surface area contributed by atoms with Crippen molar-refractivity contribution in [2.24, 2.45) is 0 Å². The summed E-state index contributed by atoms with van der Waals surface area (Å²) in [5.41, 5.74) is 3.30. The lowest BCUT2D eigenvalue weighted by Gasteiger charge is -2.09. The maximum Gasteiger partial charge on any atom is 0.335 e. The van der Waals surface area contributed by atoms with Gasteiger partial charge in [0.1, 0.15) is 12.2 Å². The number of hydrogen-bond donors (Lipinski definition) is 1. The Morgan fingerprint density at radius 1 is 1.12 bits per heavy atom. The van der Waals surface area contributed by atoms with E-state index in [0.29, 0.717) is 18.0 Å². The van der Waals surface area contributed by atoms with E-state index in [0.717, 1.165) is 22.5 Å². The van der Waals surface area contributed by atoms with Gasteiger partial charge in [-0.15, -0.1) is 0 Å². The average molecular weight is 321 g/mol. The fraction of sp³-hybridized carbons (Fsp3) is 0.211. The van der Waals surface area contributed by atoms with Crippen molar-refractivity contribution in [3.8, 4) is 11.1 Å². The molecule has 0 saturated heterocycles. The minimum atomic E-state index is -0.916. The third-order valence-corrected chi connectivity index (χ3v) is 3.89. The molecule has 0 aliphatic heterocycles. The lowest BCUT2D eigenvalue weighted by atomic mass is 10.0. The van der Waals surface area contributed by atoms with E-state index in [1.165, 1.54) is 0 Å². The zero-order valence-electron chi connectivity index (χ0n) is 13.7. The highest BCUT2D eigenvalue weighted by molar-refractivity contribution is 5.89. The highest BCUT2D eigenvalue weighted by Gasteiger charge is 2.09. The predicted molar refractivity (Wildman–Crippen MR) is 92.1 cm³/mol. The van der Waals surface area contributed by atoms with E-state index < -0.39 is 5.97 Å². The summed E-state index contributed by atoms with van der Waals surface area (Å²) >= 11 is 0. The van der Waals surface area contributed by atoms with E-state index in [9.17, 15) is 4.79 Å². The van der Waals surface area contributed by atoms with Crippen molar-refractivity contribution in [2.75, 3.05) is 0 Å². The summed E-state index contributed by atoms with van der Waals surface area (Å²) in [4.78, 5) is 15.4. The summed E-state index contributed by atoms with van der Waals surface area (Å²) in [6.45, 7) is 4.86. The lowest BCUT2D eigenvalue weighted by Crippen LogP contribution is -2.08. The Labute approximate surface area is 140 Å². The van der Waals surface area contributed by atoms with Crippen LogP contribution in [0.5, 0.6) is 0 Å². The third kappa shape index (κ3) is 3.35. The van der Waals surface area contributed by atoms with E-state index in [4.69, 9.17) is 5.11 Å². The van der Waals surface area contributed by atoms with Gasteiger partial charge >= 0.3 is 5.97 Å². The van der Waals surface area contributed by atoms with Crippen LogP contribution in [0.15, 0.2) is 54.9 Å². The molecular formula is C19H19N3O2. The van der Waals surface area contributed by atoms with Crippen molar-refractivity contribution >= 4 is 5.97 Å². The lowest BCUT2D eigenvalue weighted by molar-refractivity contribution is 0.0697. The van der Waals surface area contributed by atoms with Crippen LogP contribution in [0.1, 0.15) is 41.5 Å². The first-order valence-corrected chi connectivity index (χ1v) is 7.85. The van der Waals surface area contributed by atoms with Crippen molar-refractivity contribution in [1.82, 2.24) is 14.8 Å². The van der Waals surface area contributed by atoms with Gasteiger partial charge in [0.05, 0.1) is 12.1 Å². The van der Waals surface area contributed by atoms with Crippen molar-refractivity contribution in [3.63, 3.8) is 0 Å². The summed E-state index contributed by atoms with van der Waals surface area (Å²) in [6.07, 6.45) is 1.58. The van der Waals surface area contributed by atoms with Gasteiger partial charge in [0.15, 0.2) is 0 Å². The maximum absolute atomic E-state index is 11.1. The first-order chi connectivity index (χ1) is 11.5. The number of nitrogens with zero attached hydrogens (tertiary/aromatic N) is 3. The van der Waals surface area contributed by atoms with E-state index >= 15 is 0 Å². The summed E-state index contributed by atoms with van der Waals surface area (Å²) in [6, 6.07) is 15.0. The number of aromatic nitrogens is 3. The predicted octanol–water partition coefficient (Wildman–Crippen LogP) is 3.82. The molecule has 0 fully saturated rings. The Balaban J connectivity index is 1.82. The minimum Gasteiger partial charge on any atom is -0.478 e. The smallest absolute Gasteiger partial charge is 0.335 e. The molecule has 0 atom stereocenters.